The van der Waals surface area contributed by atoms with E-state index in [0.717, 1.165) is 38.2 Å². The molecule has 0 aromatic rings. The van der Waals surface area contributed by atoms with E-state index in [1.54, 1.807) is 0 Å². The van der Waals surface area contributed by atoms with Crippen LogP contribution in [-0.2, 0) is 0 Å². The number of aliphatic imine (C=N–C) groups is 1. The predicted molar refractivity (Wildman–Crippen MR) is 85.1 cm³/mol. The van der Waals surface area contributed by atoms with Crippen LogP contribution in [0.2, 0.25) is 0 Å². The Labute approximate surface area is 123 Å². The molecule has 0 spiro atoms. The molecular formula is C15H31N5. The van der Waals surface area contributed by atoms with Gasteiger partial charge in [0.1, 0.15) is 0 Å². The molecule has 2 saturated heterocycles. The monoisotopic (exact) mass is 281 g/mol. The van der Waals surface area contributed by atoms with Gasteiger partial charge in [-0.15, -0.1) is 0 Å². The summed E-state index contributed by atoms with van der Waals surface area (Å²) in [5.74, 6) is 0.757. The number of piperidine rings is 2. The van der Waals surface area contributed by atoms with E-state index in [1.807, 2.05) is 0 Å². The van der Waals surface area contributed by atoms with Gasteiger partial charge in [0.15, 0.2) is 5.96 Å². The summed E-state index contributed by atoms with van der Waals surface area (Å²) in [4.78, 5) is 11.7. The van der Waals surface area contributed by atoms with E-state index >= 15 is 0 Å². The Balaban J connectivity index is 1.65. The number of hydrogen-bond acceptors (Lipinski definition) is 3. The molecule has 0 unspecified atom stereocenters. The molecule has 0 aromatic heterocycles. The summed E-state index contributed by atoms with van der Waals surface area (Å²) >= 11 is 0. The van der Waals surface area contributed by atoms with Gasteiger partial charge in [0.05, 0.1) is 6.54 Å². The van der Waals surface area contributed by atoms with Crippen molar-refractivity contribution in [3.8, 4) is 0 Å². The third-order valence-electron chi connectivity index (χ3n) is 4.66. The SMILES string of the molecule is CN(C)C1CCN(CCN=C(N)N2CCCCC2)CC1. The minimum atomic E-state index is 0.757. The number of nitrogens with zero attached hydrogens (tertiary/aromatic N) is 4. The summed E-state index contributed by atoms with van der Waals surface area (Å²) in [6.45, 7) is 6.46. The smallest absolute Gasteiger partial charge is 0.191 e. The molecule has 0 saturated carbocycles. The average Bonchev–Trinajstić information content (AvgIpc) is 2.48. The topological polar surface area (TPSA) is 48.1 Å². The molecule has 5 heteroatoms. The van der Waals surface area contributed by atoms with Gasteiger partial charge in [0.25, 0.3) is 0 Å². The Hall–Kier alpha value is -0.810. The van der Waals surface area contributed by atoms with E-state index in [9.17, 15) is 0 Å². The van der Waals surface area contributed by atoms with Gasteiger partial charge < -0.3 is 20.4 Å². The first kappa shape index (κ1) is 15.6. The van der Waals surface area contributed by atoms with Crippen LogP contribution >= 0.6 is 0 Å². The fourth-order valence-corrected chi connectivity index (χ4v) is 3.19. The van der Waals surface area contributed by atoms with Crippen LogP contribution < -0.4 is 5.73 Å². The van der Waals surface area contributed by atoms with Crippen LogP contribution in [0.15, 0.2) is 4.99 Å². The van der Waals surface area contributed by atoms with Crippen molar-refractivity contribution in [2.24, 2.45) is 10.7 Å². The quantitative estimate of drug-likeness (QED) is 0.612. The van der Waals surface area contributed by atoms with Crippen LogP contribution in [0.4, 0.5) is 0 Å². The summed E-state index contributed by atoms with van der Waals surface area (Å²) in [6.07, 6.45) is 6.41. The Bertz CT molecular complexity index is 301. The van der Waals surface area contributed by atoms with Crippen molar-refractivity contribution < 1.29 is 0 Å². The molecule has 2 aliphatic rings. The van der Waals surface area contributed by atoms with Crippen molar-refractivity contribution in [3.63, 3.8) is 0 Å². The number of guanidine groups is 1. The highest BCUT2D eigenvalue weighted by atomic mass is 15.3. The van der Waals surface area contributed by atoms with Crippen molar-refractivity contribution in [3.05, 3.63) is 0 Å². The molecule has 2 rings (SSSR count). The molecule has 0 aromatic carbocycles. The van der Waals surface area contributed by atoms with Crippen molar-refractivity contribution in [2.75, 3.05) is 53.4 Å². The van der Waals surface area contributed by atoms with Gasteiger partial charge >= 0.3 is 0 Å². The minimum Gasteiger partial charge on any atom is -0.370 e. The lowest BCUT2D eigenvalue weighted by atomic mass is 10.0. The normalized spacial score (nSPS) is 23.6. The molecule has 2 N–H and O–H groups in total. The standard InChI is InChI=1S/C15H31N5/c1-18(2)14-6-11-19(12-7-14)13-8-17-15(16)20-9-4-3-5-10-20/h14H,3-13H2,1-2H3,(H2,16,17). The van der Waals surface area contributed by atoms with Crippen molar-refractivity contribution >= 4 is 5.96 Å². The van der Waals surface area contributed by atoms with Gasteiger partial charge in [0.2, 0.25) is 0 Å². The fraction of sp³-hybridized carbons (Fsp3) is 0.933. The largest absolute Gasteiger partial charge is 0.370 e. The van der Waals surface area contributed by atoms with Crippen LogP contribution in [0.5, 0.6) is 0 Å². The minimum absolute atomic E-state index is 0.757. The molecule has 0 bridgehead atoms. The second-order valence-corrected chi connectivity index (χ2v) is 6.32. The van der Waals surface area contributed by atoms with Gasteiger partial charge in [-0.05, 0) is 59.3 Å². The van der Waals surface area contributed by atoms with Crippen LogP contribution in [0, 0.1) is 0 Å². The highest BCUT2D eigenvalue weighted by Gasteiger charge is 2.20. The molecule has 20 heavy (non-hydrogen) atoms. The van der Waals surface area contributed by atoms with Crippen LogP contribution in [0.3, 0.4) is 0 Å². The lowest BCUT2D eigenvalue weighted by Crippen LogP contribution is -2.43. The Morgan fingerprint density at radius 1 is 1.10 bits per heavy atom. The fourth-order valence-electron chi connectivity index (χ4n) is 3.19. The average molecular weight is 281 g/mol. The van der Waals surface area contributed by atoms with Crippen molar-refractivity contribution in [2.45, 2.75) is 38.1 Å². The molecule has 0 amide bonds. The Kier molecular flexibility index (Phi) is 6.10. The first-order valence-corrected chi connectivity index (χ1v) is 8.10. The third-order valence-corrected chi connectivity index (χ3v) is 4.66. The van der Waals surface area contributed by atoms with Gasteiger partial charge in [-0.1, -0.05) is 0 Å². The highest BCUT2D eigenvalue weighted by Crippen LogP contribution is 2.13. The third kappa shape index (κ3) is 4.63. The van der Waals surface area contributed by atoms with Gasteiger partial charge in [-0.2, -0.15) is 0 Å². The highest BCUT2D eigenvalue weighted by molar-refractivity contribution is 5.78. The Morgan fingerprint density at radius 2 is 1.75 bits per heavy atom. The summed E-state index contributed by atoms with van der Waals surface area (Å²) in [5.41, 5.74) is 6.08. The zero-order valence-corrected chi connectivity index (χ0v) is 13.2. The number of likely N-dealkylation sites (tertiary alicyclic amines) is 2. The molecule has 0 radical (unpaired) electrons. The molecule has 2 aliphatic heterocycles. The lowest BCUT2D eigenvalue weighted by molar-refractivity contribution is 0.148. The number of rotatable bonds is 4. The molecule has 0 aliphatic carbocycles. The predicted octanol–water partition coefficient (Wildman–Crippen LogP) is 0.813. The molecule has 2 fully saturated rings. The summed E-state index contributed by atoms with van der Waals surface area (Å²) in [5, 5.41) is 0. The summed E-state index contributed by atoms with van der Waals surface area (Å²) in [7, 11) is 4.37. The zero-order valence-electron chi connectivity index (χ0n) is 13.2. The van der Waals surface area contributed by atoms with Crippen LogP contribution in [-0.4, -0.2) is 80.1 Å². The molecule has 0 atom stereocenters. The van der Waals surface area contributed by atoms with E-state index in [0.29, 0.717) is 0 Å². The van der Waals surface area contributed by atoms with Gasteiger partial charge in [-0.3, -0.25) is 4.99 Å². The van der Waals surface area contributed by atoms with E-state index in [2.05, 4.69) is 33.8 Å². The van der Waals surface area contributed by atoms with E-state index in [4.69, 9.17) is 5.73 Å². The van der Waals surface area contributed by atoms with Crippen LogP contribution in [0.1, 0.15) is 32.1 Å². The zero-order chi connectivity index (χ0) is 14.4. The Morgan fingerprint density at radius 3 is 2.35 bits per heavy atom. The molecule has 5 nitrogen and oxygen atoms in total. The lowest BCUT2D eigenvalue weighted by Gasteiger charge is -2.35. The first-order chi connectivity index (χ1) is 9.66. The van der Waals surface area contributed by atoms with E-state index in [1.165, 1.54) is 45.2 Å². The second kappa shape index (κ2) is 7.84. The first-order valence-electron chi connectivity index (χ1n) is 8.10. The second-order valence-electron chi connectivity index (χ2n) is 6.32. The van der Waals surface area contributed by atoms with Crippen LogP contribution in [0.25, 0.3) is 0 Å². The molecule has 2 heterocycles. The van der Waals surface area contributed by atoms with Crippen molar-refractivity contribution in [1.29, 1.82) is 0 Å². The molecule has 116 valence electrons. The number of hydrogen-bond donors (Lipinski definition) is 1. The molecular weight excluding hydrogens is 250 g/mol. The maximum absolute atomic E-state index is 6.08. The summed E-state index contributed by atoms with van der Waals surface area (Å²) in [6, 6.07) is 0.758. The van der Waals surface area contributed by atoms with Crippen molar-refractivity contribution in [1.82, 2.24) is 14.7 Å². The number of nitrogens with two attached hydrogens (primary N) is 1. The summed E-state index contributed by atoms with van der Waals surface area (Å²) < 4.78 is 0. The maximum Gasteiger partial charge on any atom is 0.191 e. The van der Waals surface area contributed by atoms with E-state index < -0.39 is 0 Å². The van der Waals surface area contributed by atoms with E-state index in [-0.39, 0.29) is 0 Å². The van der Waals surface area contributed by atoms with Gasteiger partial charge in [0, 0.05) is 25.7 Å². The maximum atomic E-state index is 6.08. The van der Waals surface area contributed by atoms with Gasteiger partial charge in [-0.25, -0.2) is 0 Å².